The molecule has 0 bridgehead atoms. The van der Waals surface area contributed by atoms with Crippen LogP contribution in [0.25, 0.3) is 17.2 Å². The van der Waals surface area contributed by atoms with E-state index in [1.165, 1.54) is 30.3 Å². The Balaban J connectivity index is 2.38. The van der Waals surface area contributed by atoms with Crippen molar-refractivity contribution in [1.29, 1.82) is 0 Å². The lowest BCUT2D eigenvalue weighted by Gasteiger charge is -2.12. The molecule has 0 aliphatic heterocycles. The molecule has 2 rings (SSSR count). The van der Waals surface area contributed by atoms with Crippen LogP contribution in [0.3, 0.4) is 0 Å². The molecule has 1 N–H and O–H groups in total. The van der Waals surface area contributed by atoms with Crippen molar-refractivity contribution in [3.63, 3.8) is 0 Å². The molecule has 21 heavy (non-hydrogen) atoms. The predicted octanol–water partition coefficient (Wildman–Crippen LogP) is 4.47. The molecular weight excluding hydrogens is 281 g/mol. The number of carboxylic acid groups (broad SMARTS) is 1. The lowest BCUT2D eigenvalue weighted by Crippen LogP contribution is -2.06. The first-order valence-corrected chi connectivity index (χ1v) is 6.05. The second kappa shape index (κ2) is 5.83. The van der Waals surface area contributed by atoms with Crippen LogP contribution >= 0.6 is 0 Å². The maximum absolute atomic E-state index is 12.9. The standard InChI is InChI=1S/C16H11F3O2/c17-16(18,19)14-4-2-1-3-13(14)12-8-5-11(6-9-12)7-10-15(20)21/h1-10H,(H,20,21). The molecule has 2 aromatic carbocycles. The van der Waals surface area contributed by atoms with Gasteiger partial charge in [0, 0.05) is 6.08 Å². The van der Waals surface area contributed by atoms with Crippen molar-refractivity contribution in [3.8, 4) is 11.1 Å². The van der Waals surface area contributed by atoms with E-state index >= 15 is 0 Å². The van der Waals surface area contributed by atoms with E-state index in [-0.39, 0.29) is 5.56 Å². The number of rotatable bonds is 3. The topological polar surface area (TPSA) is 37.3 Å². The number of halogens is 3. The molecule has 2 nitrogen and oxygen atoms in total. The largest absolute Gasteiger partial charge is 0.478 e. The van der Waals surface area contributed by atoms with Gasteiger partial charge >= 0.3 is 12.1 Å². The summed E-state index contributed by atoms with van der Waals surface area (Å²) >= 11 is 0. The highest BCUT2D eigenvalue weighted by Gasteiger charge is 2.33. The highest BCUT2D eigenvalue weighted by molar-refractivity contribution is 5.85. The summed E-state index contributed by atoms with van der Waals surface area (Å²) < 4.78 is 38.8. The highest BCUT2D eigenvalue weighted by atomic mass is 19.4. The molecule has 5 heteroatoms. The average molecular weight is 292 g/mol. The van der Waals surface area contributed by atoms with Crippen molar-refractivity contribution in [2.24, 2.45) is 0 Å². The summed E-state index contributed by atoms with van der Waals surface area (Å²) in [4.78, 5) is 10.4. The van der Waals surface area contributed by atoms with E-state index < -0.39 is 17.7 Å². The molecule has 0 spiro atoms. The molecule has 0 saturated heterocycles. The van der Waals surface area contributed by atoms with E-state index in [0.29, 0.717) is 11.1 Å². The van der Waals surface area contributed by atoms with Crippen LogP contribution in [-0.4, -0.2) is 11.1 Å². The van der Waals surface area contributed by atoms with Crippen LogP contribution in [-0.2, 0) is 11.0 Å². The zero-order valence-electron chi connectivity index (χ0n) is 10.8. The Kier molecular flexibility index (Phi) is 4.12. The molecule has 0 aliphatic rings. The van der Waals surface area contributed by atoms with Crippen LogP contribution in [0.15, 0.2) is 54.6 Å². The summed E-state index contributed by atoms with van der Waals surface area (Å²) in [6.45, 7) is 0. The highest BCUT2D eigenvalue weighted by Crippen LogP contribution is 2.36. The van der Waals surface area contributed by atoms with E-state index in [0.717, 1.165) is 12.1 Å². The quantitative estimate of drug-likeness (QED) is 0.847. The number of benzene rings is 2. The van der Waals surface area contributed by atoms with Gasteiger partial charge in [0.1, 0.15) is 0 Å². The van der Waals surface area contributed by atoms with Gasteiger partial charge in [-0.05, 0) is 28.8 Å². The number of hydrogen-bond donors (Lipinski definition) is 1. The van der Waals surface area contributed by atoms with Gasteiger partial charge in [-0.1, -0.05) is 42.5 Å². The van der Waals surface area contributed by atoms with Crippen molar-refractivity contribution in [3.05, 3.63) is 65.7 Å². The van der Waals surface area contributed by atoms with Crippen LogP contribution in [0, 0.1) is 0 Å². The average Bonchev–Trinajstić information content (AvgIpc) is 2.45. The number of alkyl halides is 3. The van der Waals surface area contributed by atoms with Gasteiger partial charge in [0.2, 0.25) is 0 Å². The second-order valence-corrected chi connectivity index (χ2v) is 4.34. The zero-order valence-corrected chi connectivity index (χ0v) is 10.8. The first-order chi connectivity index (χ1) is 9.88. The molecule has 0 unspecified atom stereocenters. The molecule has 0 atom stereocenters. The number of carbonyl (C=O) groups is 1. The van der Waals surface area contributed by atoms with E-state index in [2.05, 4.69) is 0 Å². The van der Waals surface area contributed by atoms with Gasteiger partial charge in [0.05, 0.1) is 5.56 Å². The molecule has 2 aromatic rings. The first-order valence-electron chi connectivity index (χ1n) is 6.05. The predicted molar refractivity (Wildman–Crippen MR) is 73.5 cm³/mol. The fourth-order valence-corrected chi connectivity index (χ4v) is 1.92. The number of hydrogen-bond acceptors (Lipinski definition) is 1. The molecular formula is C16H11F3O2. The summed E-state index contributed by atoms with van der Waals surface area (Å²) in [5.41, 5.74) is 0.429. The van der Waals surface area contributed by atoms with Crippen molar-refractivity contribution >= 4 is 12.0 Å². The molecule has 0 saturated carbocycles. The van der Waals surface area contributed by atoms with Crippen molar-refractivity contribution in [2.75, 3.05) is 0 Å². The van der Waals surface area contributed by atoms with E-state index in [1.54, 1.807) is 18.2 Å². The van der Waals surface area contributed by atoms with Crippen molar-refractivity contribution in [1.82, 2.24) is 0 Å². The Morgan fingerprint density at radius 2 is 1.62 bits per heavy atom. The third-order valence-electron chi connectivity index (χ3n) is 2.87. The van der Waals surface area contributed by atoms with E-state index in [9.17, 15) is 18.0 Å². The Morgan fingerprint density at radius 3 is 2.19 bits per heavy atom. The smallest absolute Gasteiger partial charge is 0.417 e. The van der Waals surface area contributed by atoms with Gasteiger partial charge in [0.15, 0.2) is 0 Å². The SMILES string of the molecule is O=C(O)C=Cc1ccc(-c2ccccc2C(F)(F)F)cc1. The van der Waals surface area contributed by atoms with Gasteiger partial charge < -0.3 is 5.11 Å². The minimum absolute atomic E-state index is 0.0961. The molecule has 108 valence electrons. The summed E-state index contributed by atoms with van der Waals surface area (Å²) in [5, 5.41) is 8.52. The van der Waals surface area contributed by atoms with E-state index in [4.69, 9.17) is 5.11 Å². The lowest BCUT2D eigenvalue weighted by molar-refractivity contribution is -0.137. The zero-order chi connectivity index (χ0) is 15.5. The van der Waals surface area contributed by atoms with Gasteiger partial charge in [-0.15, -0.1) is 0 Å². The van der Waals surface area contributed by atoms with Gasteiger partial charge in [-0.25, -0.2) is 4.79 Å². The Hall–Kier alpha value is -2.56. The summed E-state index contributed by atoms with van der Waals surface area (Å²) in [6, 6.07) is 11.5. The molecule has 0 amide bonds. The van der Waals surface area contributed by atoms with Crippen molar-refractivity contribution in [2.45, 2.75) is 6.18 Å². The third kappa shape index (κ3) is 3.72. The van der Waals surface area contributed by atoms with Crippen LogP contribution in [0.5, 0.6) is 0 Å². The second-order valence-electron chi connectivity index (χ2n) is 4.34. The minimum Gasteiger partial charge on any atom is -0.478 e. The normalized spacial score (nSPS) is 11.8. The van der Waals surface area contributed by atoms with Crippen LogP contribution in [0.4, 0.5) is 13.2 Å². The van der Waals surface area contributed by atoms with Gasteiger partial charge in [0.25, 0.3) is 0 Å². The fraction of sp³-hybridized carbons (Fsp3) is 0.0625. The Bertz CT molecular complexity index is 671. The van der Waals surface area contributed by atoms with Crippen LogP contribution in [0.1, 0.15) is 11.1 Å². The summed E-state index contributed by atoms with van der Waals surface area (Å²) in [6.07, 6.45) is -2.07. The molecule has 0 heterocycles. The molecule has 0 aromatic heterocycles. The molecule has 0 fully saturated rings. The minimum atomic E-state index is -4.42. The fourth-order valence-electron chi connectivity index (χ4n) is 1.92. The third-order valence-corrected chi connectivity index (χ3v) is 2.87. The Morgan fingerprint density at radius 1 is 1.00 bits per heavy atom. The molecule has 0 aliphatic carbocycles. The summed E-state index contributed by atoms with van der Waals surface area (Å²) in [5.74, 6) is -1.08. The molecule has 0 radical (unpaired) electrons. The monoisotopic (exact) mass is 292 g/mol. The summed E-state index contributed by atoms with van der Waals surface area (Å²) in [7, 11) is 0. The maximum atomic E-state index is 12.9. The Labute approximate surface area is 119 Å². The first kappa shape index (κ1) is 14.8. The number of aliphatic carboxylic acids is 1. The number of carboxylic acids is 1. The maximum Gasteiger partial charge on any atom is 0.417 e. The van der Waals surface area contributed by atoms with Crippen LogP contribution < -0.4 is 0 Å². The van der Waals surface area contributed by atoms with Gasteiger partial charge in [-0.2, -0.15) is 13.2 Å². The van der Waals surface area contributed by atoms with Gasteiger partial charge in [-0.3, -0.25) is 0 Å². The van der Waals surface area contributed by atoms with E-state index in [1.807, 2.05) is 0 Å². The van der Waals surface area contributed by atoms with Crippen molar-refractivity contribution < 1.29 is 23.1 Å². The lowest BCUT2D eigenvalue weighted by atomic mass is 9.98. The van der Waals surface area contributed by atoms with Crippen LogP contribution in [0.2, 0.25) is 0 Å².